The Morgan fingerprint density at radius 1 is 0.971 bits per heavy atom. The van der Waals surface area contributed by atoms with Crippen LogP contribution in [0.3, 0.4) is 0 Å². The number of ether oxygens (including phenoxy) is 6. The van der Waals surface area contributed by atoms with Crippen LogP contribution >= 0.6 is 21.9 Å². The Kier molecular flexibility index (Phi) is 15.0. The smallest absolute Gasteiger partial charge is 0.242 e. The molecule has 5 aliphatic heterocycles. The molecule has 374 valence electrons. The van der Waals surface area contributed by atoms with Crippen molar-refractivity contribution < 1.29 is 77.3 Å². The molecule has 2 aromatic carbocycles. The SMILES string of the molecule is CCCCOc1cccc2c1C(=O)c1c(O)c3c(c(O)c1C2=O)C[C@@](O)(C(=O)CSC1CC(=O)N(CCN2C(=O)CC(C(CC)[S][Al])C2=O)C1=O)C[C@@H]3O[C@H]1C[C@H]2[C@H](O[C@@H]3[C@@H](OC)OCCN32)[C@H](C)O1. The zero-order valence-corrected chi connectivity index (χ0v) is 42.1. The summed E-state index contributed by atoms with van der Waals surface area (Å²) in [4.78, 5) is 100. The highest BCUT2D eigenvalue weighted by Crippen LogP contribution is 2.53. The molecule has 3 N–H and O–H groups in total. The van der Waals surface area contributed by atoms with Gasteiger partial charge in [-0.25, -0.2) is 0 Å². The maximum absolute atomic E-state index is 14.5. The topological polar surface area (TPSA) is 245 Å². The molecular formula is C48H56AlN3O16S2. The van der Waals surface area contributed by atoms with Gasteiger partial charge >= 0.3 is 0 Å². The average Bonchev–Trinajstić information content (AvgIpc) is 3.95. The fourth-order valence-corrected chi connectivity index (χ4v) is 13.9. The van der Waals surface area contributed by atoms with Crippen LogP contribution in [-0.2, 0) is 54.1 Å². The first-order chi connectivity index (χ1) is 33.5. The van der Waals surface area contributed by atoms with Crippen molar-refractivity contribution in [2.75, 3.05) is 45.7 Å². The minimum Gasteiger partial charge on any atom is -0.507 e. The molecule has 0 saturated carbocycles. The van der Waals surface area contributed by atoms with E-state index >= 15 is 0 Å². The van der Waals surface area contributed by atoms with Crippen LogP contribution in [0.5, 0.6) is 17.2 Å². The predicted octanol–water partition coefficient (Wildman–Crippen LogP) is 2.72. The lowest BCUT2D eigenvalue weighted by Crippen LogP contribution is -2.55. The van der Waals surface area contributed by atoms with Crippen molar-refractivity contribution in [1.29, 1.82) is 0 Å². The maximum Gasteiger partial charge on any atom is 0.242 e. The third kappa shape index (κ3) is 8.92. The summed E-state index contributed by atoms with van der Waals surface area (Å²) >= 11 is 3.37. The number of fused-ring (bicyclic) bond motifs is 6. The Balaban J connectivity index is 0.981. The highest BCUT2D eigenvalue weighted by Gasteiger charge is 2.56. The summed E-state index contributed by atoms with van der Waals surface area (Å²) < 4.78 is 36.7. The maximum atomic E-state index is 14.5. The highest BCUT2D eigenvalue weighted by atomic mass is 32.3. The number of methoxy groups -OCH3 is 1. The number of amides is 4. The number of aliphatic hydroxyl groups is 1. The first-order valence-electron chi connectivity index (χ1n) is 23.8. The summed E-state index contributed by atoms with van der Waals surface area (Å²) in [5.41, 5.74) is -3.74. The number of phenolic OH excluding ortho intramolecular Hbond substituents is 2. The molecule has 5 saturated heterocycles. The van der Waals surface area contributed by atoms with E-state index in [0.717, 1.165) is 28.0 Å². The van der Waals surface area contributed by atoms with Crippen LogP contribution < -0.4 is 4.74 Å². The van der Waals surface area contributed by atoms with Crippen LogP contribution in [0.1, 0.15) is 115 Å². The first kappa shape index (κ1) is 51.0. The van der Waals surface area contributed by atoms with Crippen molar-refractivity contribution in [1.82, 2.24) is 14.7 Å². The Hall–Kier alpha value is -3.92. The Labute approximate surface area is 420 Å². The molecule has 19 nitrogen and oxygen atoms in total. The largest absolute Gasteiger partial charge is 0.507 e. The molecule has 5 heterocycles. The molecular weight excluding hydrogens is 966 g/mol. The average molecular weight is 1020 g/mol. The summed E-state index contributed by atoms with van der Waals surface area (Å²) in [7, 11) is 2.95. The lowest BCUT2D eigenvalue weighted by molar-refractivity contribution is -0.256. The van der Waals surface area contributed by atoms with E-state index in [1.165, 1.54) is 23.3 Å². The number of imide groups is 2. The van der Waals surface area contributed by atoms with E-state index in [2.05, 4.69) is 20.1 Å². The second-order valence-electron chi connectivity index (χ2n) is 18.8. The van der Waals surface area contributed by atoms with Crippen molar-refractivity contribution >= 4 is 78.0 Å². The number of likely N-dealkylation sites (tertiary alicyclic amines) is 2. The third-order valence-electron chi connectivity index (χ3n) is 14.7. The van der Waals surface area contributed by atoms with Gasteiger partial charge in [-0.3, -0.25) is 58.4 Å². The van der Waals surface area contributed by atoms with Gasteiger partial charge in [0, 0.05) is 81.6 Å². The quantitative estimate of drug-likeness (QED) is 0.0762. The Morgan fingerprint density at radius 2 is 1.70 bits per heavy atom. The second kappa shape index (κ2) is 20.5. The summed E-state index contributed by atoms with van der Waals surface area (Å²) in [5.74, 6) is -6.45. The number of nitrogens with zero attached hydrogens (tertiary/aromatic N) is 3. The van der Waals surface area contributed by atoms with Gasteiger partial charge in [0.25, 0.3) is 0 Å². The van der Waals surface area contributed by atoms with Gasteiger partial charge in [0.1, 0.15) is 29.0 Å². The number of ketones is 3. The number of unbranched alkanes of at least 4 members (excludes halogenated alkanes) is 1. The number of hydrogen-bond acceptors (Lipinski definition) is 19. The molecule has 0 spiro atoms. The van der Waals surface area contributed by atoms with Gasteiger partial charge in [-0.1, -0.05) is 32.4 Å². The summed E-state index contributed by atoms with van der Waals surface area (Å²) in [6, 6.07) is 4.27. The lowest BCUT2D eigenvalue weighted by atomic mass is 9.72. The number of carbonyl (C=O) groups is 7. The predicted molar refractivity (Wildman–Crippen MR) is 250 cm³/mol. The van der Waals surface area contributed by atoms with E-state index in [4.69, 9.17) is 28.4 Å². The van der Waals surface area contributed by atoms with Gasteiger partial charge in [0.2, 0.25) is 44.6 Å². The van der Waals surface area contributed by atoms with E-state index in [0.29, 0.717) is 26.0 Å². The van der Waals surface area contributed by atoms with Crippen molar-refractivity contribution in [3.05, 3.63) is 51.6 Å². The number of Topliss-reactive ketones (excluding diaryl/α,β-unsaturated/α-hetero) is 1. The number of phenols is 2. The molecule has 5 fully saturated rings. The summed E-state index contributed by atoms with van der Waals surface area (Å²) in [6.45, 7) is 6.51. The molecule has 2 aliphatic carbocycles. The van der Waals surface area contributed by atoms with Gasteiger partial charge in [-0.05, 0) is 31.1 Å². The second-order valence-corrected chi connectivity index (χ2v) is 21.7. The minimum absolute atomic E-state index is 0.0467. The molecule has 2 radical (unpaired) electrons. The Bertz CT molecular complexity index is 2490. The number of thioether (sulfide) groups is 1. The van der Waals surface area contributed by atoms with Gasteiger partial charge in [-0.15, -0.1) is 11.8 Å². The number of benzene rings is 2. The number of carbonyl (C=O) groups excluding carboxylic acids is 7. The van der Waals surface area contributed by atoms with E-state index in [9.17, 15) is 48.9 Å². The van der Waals surface area contributed by atoms with E-state index in [1.807, 2.05) is 20.8 Å². The normalized spacial score (nSPS) is 31.1. The van der Waals surface area contributed by atoms with Crippen LogP contribution in [0.4, 0.5) is 0 Å². The minimum atomic E-state index is -2.34. The number of morpholine rings is 1. The zero-order valence-electron chi connectivity index (χ0n) is 39.3. The van der Waals surface area contributed by atoms with Gasteiger partial charge in [0.05, 0.1) is 59.0 Å². The highest BCUT2D eigenvalue weighted by molar-refractivity contribution is 8.20. The van der Waals surface area contributed by atoms with Crippen LogP contribution in [0.25, 0.3) is 0 Å². The van der Waals surface area contributed by atoms with Crippen molar-refractivity contribution in [2.24, 2.45) is 5.92 Å². The van der Waals surface area contributed by atoms with Crippen LogP contribution in [0.15, 0.2) is 18.2 Å². The zero-order chi connectivity index (χ0) is 49.9. The monoisotopic (exact) mass is 1020 g/mol. The Morgan fingerprint density at radius 3 is 2.41 bits per heavy atom. The molecule has 0 aromatic heterocycles. The van der Waals surface area contributed by atoms with E-state index in [1.54, 1.807) is 12.1 Å². The van der Waals surface area contributed by atoms with Gasteiger partial charge < -0.3 is 43.7 Å². The van der Waals surface area contributed by atoms with Crippen molar-refractivity contribution in [2.45, 2.75) is 131 Å². The summed E-state index contributed by atoms with van der Waals surface area (Å²) in [6.07, 6.45) is -3.54. The first-order valence-corrected chi connectivity index (χ1v) is 27.2. The molecule has 4 amide bonds. The molecule has 2 aromatic rings. The van der Waals surface area contributed by atoms with Crippen LogP contribution in [0.2, 0.25) is 0 Å². The molecule has 70 heavy (non-hydrogen) atoms. The molecule has 22 heteroatoms. The number of hydrogen-bond donors (Lipinski definition) is 3. The van der Waals surface area contributed by atoms with Crippen LogP contribution in [-0.4, -0.2) is 185 Å². The third-order valence-corrected chi connectivity index (χ3v) is 18.0. The van der Waals surface area contributed by atoms with E-state index in [-0.39, 0.29) is 90.1 Å². The fourth-order valence-electron chi connectivity index (χ4n) is 11.1. The number of aromatic hydroxyl groups is 2. The molecule has 7 aliphatic rings. The number of rotatable bonds is 17. The van der Waals surface area contributed by atoms with Crippen molar-refractivity contribution in [3.8, 4) is 17.2 Å². The molecule has 3 unspecified atom stereocenters. The summed E-state index contributed by atoms with van der Waals surface area (Å²) in [5, 5.41) is 35.8. The van der Waals surface area contributed by atoms with Gasteiger partial charge in [0.15, 0.2) is 30.4 Å². The molecule has 11 atom stereocenters. The van der Waals surface area contributed by atoms with Gasteiger partial charge in [-0.2, -0.15) is 0 Å². The molecule has 0 bridgehead atoms. The fraction of sp³-hybridized carbons (Fsp3) is 0.604. The van der Waals surface area contributed by atoms with Crippen LogP contribution in [0, 0.1) is 5.92 Å². The standard InChI is InChI=1S/C48H57N3O16S2.Al/c1-5-7-14-63-27-10-8-9-23-35(27)41(57)38-37(39(23)55)40(56)25-19-48(61,31(52)21-69-30-18-33(54)51(45(30)60)12-11-50-32(53)16-24(44(50)59)29(68)6-2)20-28(36(25)42(38)58)66-34-17-26-43(22(3)65-34)67-46-47(62-4)64-15-13-49(26)46;/h8-10,22,24,26,28-30,34,43,46-47,56,58,61,68H,5-7,11-21H2,1-4H3;/q;+1/p-1/t22-,24?,26-,28-,29?,30?,34-,43+,46+,47-,48-;/m0./s1. The lowest BCUT2D eigenvalue weighted by Gasteiger charge is -2.43. The molecule has 9 rings (SSSR count). The van der Waals surface area contributed by atoms with E-state index < -0.39 is 124 Å². The van der Waals surface area contributed by atoms with Crippen molar-refractivity contribution in [3.63, 3.8) is 0 Å².